The number of carbonyl (C=O) groups is 2. The number of amides is 2. The zero-order chi connectivity index (χ0) is 20.9. The Morgan fingerprint density at radius 1 is 1.00 bits per heavy atom. The molecule has 7 heteroatoms. The molecule has 0 spiro atoms. The Labute approximate surface area is 185 Å². The molecule has 2 N–H and O–H groups in total. The summed E-state index contributed by atoms with van der Waals surface area (Å²) in [6, 6.07) is 9.33. The molecule has 1 aromatic carbocycles. The van der Waals surface area contributed by atoms with E-state index in [1.165, 1.54) is 51.4 Å². The third-order valence-electron chi connectivity index (χ3n) is 6.13. The number of hydrogen-bond acceptors (Lipinski definition) is 4. The molecule has 2 aromatic rings. The molecular formula is C23H27BrN4O2. The van der Waals surface area contributed by atoms with Gasteiger partial charge in [0.25, 0.3) is 11.8 Å². The van der Waals surface area contributed by atoms with Crippen molar-refractivity contribution in [2.45, 2.75) is 38.1 Å². The summed E-state index contributed by atoms with van der Waals surface area (Å²) in [5.74, 6) is 0.243. The monoisotopic (exact) mass is 470 g/mol. The molecule has 2 amide bonds. The quantitative estimate of drug-likeness (QED) is 0.689. The van der Waals surface area contributed by atoms with Gasteiger partial charge in [0.1, 0.15) is 0 Å². The number of halogens is 1. The molecule has 2 fully saturated rings. The number of benzene rings is 1. The standard InChI is InChI=1S/C23H27BrN4O2/c24-19-12-18(13-25-15-19)23(30)27-20-8-6-16(7-9-20)22(29)26-14-17-4-3-11-28-10-2-1-5-21(17)28/h6-9,12-13,15,17,21H,1-5,10-11,14H2,(H,26,29)(H,27,30)/t17-,21+/m0/s1. The Morgan fingerprint density at radius 2 is 1.80 bits per heavy atom. The number of piperidine rings is 2. The molecule has 2 saturated heterocycles. The lowest BCUT2D eigenvalue weighted by Crippen LogP contribution is -2.51. The van der Waals surface area contributed by atoms with Gasteiger partial charge in [0.15, 0.2) is 0 Å². The summed E-state index contributed by atoms with van der Waals surface area (Å²) in [5.41, 5.74) is 1.71. The van der Waals surface area contributed by atoms with E-state index in [1.54, 1.807) is 36.5 Å². The smallest absolute Gasteiger partial charge is 0.257 e. The highest BCUT2D eigenvalue weighted by atomic mass is 79.9. The lowest BCUT2D eigenvalue weighted by Gasteiger charge is -2.44. The van der Waals surface area contributed by atoms with Crippen LogP contribution in [0.15, 0.2) is 47.2 Å². The largest absolute Gasteiger partial charge is 0.352 e. The van der Waals surface area contributed by atoms with Crippen LogP contribution in [0.1, 0.15) is 52.8 Å². The third-order valence-corrected chi connectivity index (χ3v) is 6.56. The van der Waals surface area contributed by atoms with Crippen molar-refractivity contribution in [1.82, 2.24) is 15.2 Å². The minimum atomic E-state index is -0.240. The van der Waals surface area contributed by atoms with Crippen molar-refractivity contribution in [3.05, 3.63) is 58.3 Å². The first-order valence-electron chi connectivity index (χ1n) is 10.6. The Morgan fingerprint density at radius 3 is 2.60 bits per heavy atom. The molecule has 2 aliphatic heterocycles. The van der Waals surface area contributed by atoms with Gasteiger partial charge in [0.2, 0.25) is 0 Å². The molecule has 4 rings (SSSR count). The van der Waals surface area contributed by atoms with E-state index in [1.807, 2.05) is 0 Å². The van der Waals surface area contributed by atoms with Gasteiger partial charge in [-0.2, -0.15) is 0 Å². The van der Waals surface area contributed by atoms with Gasteiger partial charge in [-0.3, -0.25) is 14.6 Å². The summed E-state index contributed by atoms with van der Waals surface area (Å²) in [6.07, 6.45) is 9.41. The van der Waals surface area contributed by atoms with Crippen molar-refractivity contribution in [1.29, 1.82) is 0 Å². The molecule has 1 aromatic heterocycles. The molecule has 3 heterocycles. The van der Waals surface area contributed by atoms with Gasteiger partial charge in [-0.15, -0.1) is 0 Å². The van der Waals surface area contributed by atoms with E-state index in [0.29, 0.717) is 28.8 Å². The number of fused-ring (bicyclic) bond motifs is 1. The van der Waals surface area contributed by atoms with Crippen LogP contribution in [0.5, 0.6) is 0 Å². The van der Waals surface area contributed by atoms with Crippen molar-refractivity contribution in [2.24, 2.45) is 5.92 Å². The zero-order valence-corrected chi connectivity index (χ0v) is 18.5. The van der Waals surface area contributed by atoms with E-state index in [2.05, 4.69) is 36.4 Å². The summed E-state index contributed by atoms with van der Waals surface area (Å²) < 4.78 is 0.747. The van der Waals surface area contributed by atoms with E-state index >= 15 is 0 Å². The molecule has 0 saturated carbocycles. The van der Waals surface area contributed by atoms with Crippen LogP contribution < -0.4 is 10.6 Å². The fraction of sp³-hybridized carbons (Fsp3) is 0.435. The normalized spacial score (nSPS) is 21.5. The maximum Gasteiger partial charge on any atom is 0.257 e. The Hall–Kier alpha value is -2.25. The number of aromatic nitrogens is 1. The van der Waals surface area contributed by atoms with Crippen LogP contribution >= 0.6 is 15.9 Å². The number of carbonyl (C=O) groups excluding carboxylic acids is 2. The van der Waals surface area contributed by atoms with E-state index in [-0.39, 0.29) is 11.8 Å². The van der Waals surface area contributed by atoms with Crippen LogP contribution in [0.4, 0.5) is 5.69 Å². The number of nitrogens with one attached hydrogen (secondary N) is 2. The van der Waals surface area contributed by atoms with Crippen LogP contribution in [0.2, 0.25) is 0 Å². The van der Waals surface area contributed by atoms with Gasteiger partial charge in [0, 0.05) is 40.7 Å². The van der Waals surface area contributed by atoms with Crippen LogP contribution in [0, 0.1) is 5.92 Å². The van der Waals surface area contributed by atoms with Gasteiger partial charge in [0.05, 0.1) is 5.56 Å². The SMILES string of the molecule is O=C(NC[C@@H]1CCCN2CCCC[C@H]12)c1ccc(NC(=O)c2cncc(Br)c2)cc1. The number of nitrogens with zero attached hydrogens (tertiary/aromatic N) is 2. The maximum absolute atomic E-state index is 12.6. The lowest BCUT2D eigenvalue weighted by molar-refractivity contribution is 0.0575. The molecule has 0 bridgehead atoms. The summed E-state index contributed by atoms with van der Waals surface area (Å²) in [7, 11) is 0. The van der Waals surface area contributed by atoms with Crippen LogP contribution in [0.25, 0.3) is 0 Å². The first-order valence-corrected chi connectivity index (χ1v) is 11.4. The Kier molecular flexibility index (Phi) is 6.79. The number of hydrogen-bond donors (Lipinski definition) is 2. The summed E-state index contributed by atoms with van der Waals surface area (Å²) in [6.45, 7) is 3.14. The molecule has 30 heavy (non-hydrogen) atoms. The highest BCUT2D eigenvalue weighted by Crippen LogP contribution is 2.30. The van der Waals surface area contributed by atoms with E-state index in [4.69, 9.17) is 0 Å². The Bertz CT molecular complexity index is 900. The number of pyridine rings is 1. The predicted octanol–water partition coefficient (Wildman–Crippen LogP) is 4.09. The molecule has 0 radical (unpaired) electrons. The average Bonchev–Trinajstić information content (AvgIpc) is 2.78. The molecule has 6 nitrogen and oxygen atoms in total. The van der Waals surface area contributed by atoms with Gasteiger partial charge in [-0.1, -0.05) is 6.42 Å². The van der Waals surface area contributed by atoms with Crippen molar-refractivity contribution >= 4 is 33.4 Å². The zero-order valence-electron chi connectivity index (χ0n) is 16.9. The van der Waals surface area contributed by atoms with Crippen molar-refractivity contribution in [2.75, 3.05) is 25.0 Å². The molecule has 2 atom stereocenters. The minimum Gasteiger partial charge on any atom is -0.352 e. The van der Waals surface area contributed by atoms with Crippen LogP contribution in [-0.4, -0.2) is 47.4 Å². The van der Waals surface area contributed by atoms with Crippen LogP contribution in [-0.2, 0) is 0 Å². The predicted molar refractivity (Wildman–Crippen MR) is 121 cm³/mol. The molecule has 0 unspecified atom stereocenters. The maximum atomic E-state index is 12.6. The third kappa shape index (κ3) is 5.08. The highest BCUT2D eigenvalue weighted by molar-refractivity contribution is 9.10. The van der Waals surface area contributed by atoms with Gasteiger partial charge < -0.3 is 15.5 Å². The molecule has 0 aliphatic carbocycles. The summed E-state index contributed by atoms with van der Waals surface area (Å²) in [4.78, 5) is 31.6. The van der Waals surface area contributed by atoms with E-state index in [0.717, 1.165) is 11.0 Å². The number of anilines is 1. The first-order chi connectivity index (χ1) is 14.6. The van der Waals surface area contributed by atoms with E-state index < -0.39 is 0 Å². The summed E-state index contributed by atoms with van der Waals surface area (Å²) in [5, 5.41) is 5.96. The highest BCUT2D eigenvalue weighted by Gasteiger charge is 2.32. The van der Waals surface area contributed by atoms with E-state index in [9.17, 15) is 9.59 Å². The van der Waals surface area contributed by atoms with Gasteiger partial charge >= 0.3 is 0 Å². The second kappa shape index (κ2) is 9.71. The Balaban J connectivity index is 1.31. The van der Waals surface area contributed by atoms with Crippen molar-refractivity contribution in [3.8, 4) is 0 Å². The van der Waals surface area contributed by atoms with Crippen LogP contribution in [0.3, 0.4) is 0 Å². The molecule has 2 aliphatic rings. The molecule has 158 valence electrons. The second-order valence-electron chi connectivity index (χ2n) is 8.13. The fourth-order valence-electron chi connectivity index (χ4n) is 4.59. The average molecular weight is 471 g/mol. The van der Waals surface area contributed by atoms with Gasteiger partial charge in [-0.05, 0) is 91.0 Å². The lowest BCUT2D eigenvalue weighted by atomic mass is 9.83. The van der Waals surface area contributed by atoms with Crippen molar-refractivity contribution < 1.29 is 9.59 Å². The number of rotatable bonds is 5. The summed E-state index contributed by atoms with van der Waals surface area (Å²) >= 11 is 3.31. The minimum absolute atomic E-state index is 0.0583. The fourth-order valence-corrected chi connectivity index (χ4v) is 4.95. The first kappa shape index (κ1) is 21.0. The van der Waals surface area contributed by atoms with Crippen molar-refractivity contribution in [3.63, 3.8) is 0 Å². The second-order valence-corrected chi connectivity index (χ2v) is 9.05. The van der Waals surface area contributed by atoms with Gasteiger partial charge in [-0.25, -0.2) is 0 Å². The molecular weight excluding hydrogens is 444 g/mol. The topological polar surface area (TPSA) is 74.3 Å².